The van der Waals surface area contributed by atoms with E-state index in [9.17, 15) is 4.79 Å². The van der Waals surface area contributed by atoms with E-state index in [0.29, 0.717) is 41.4 Å². The minimum absolute atomic E-state index is 0.157. The monoisotopic (exact) mass is 417 g/mol. The molecule has 2 aliphatic carbocycles. The molecule has 5 atom stereocenters. The number of nitrogens with one attached hydrogen (secondary N) is 1. The highest BCUT2D eigenvalue weighted by Crippen LogP contribution is 2.55. The number of halogens is 1. The smallest absolute Gasteiger partial charge is 0.229 e. The lowest BCUT2D eigenvalue weighted by Gasteiger charge is -2.37. The molecule has 1 saturated heterocycles. The molecule has 3 fully saturated rings. The van der Waals surface area contributed by atoms with Gasteiger partial charge in [0.05, 0.1) is 17.0 Å². The largest absolute Gasteiger partial charge is 0.381 e. The number of aromatic nitrogens is 1. The lowest BCUT2D eigenvalue weighted by molar-refractivity contribution is -0.144. The third-order valence-corrected chi connectivity index (χ3v) is 8.15. The molecule has 3 heterocycles. The Bertz CT molecular complexity index is 787. The summed E-state index contributed by atoms with van der Waals surface area (Å²) in [4.78, 5) is 20.4. The van der Waals surface area contributed by atoms with E-state index in [-0.39, 0.29) is 5.41 Å². The molecule has 1 aromatic heterocycles. The van der Waals surface area contributed by atoms with Crippen LogP contribution in [-0.4, -0.2) is 47.6 Å². The summed E-state index contributed by atoms with van der Waals surface area (Å²) in [6.45, 7) is 5.42. The van der Waals surface area contributed by atoms with Gasteiger partial charge < -0.3 is 15.0 Å². The van der Waals surface area contributed by atoms with Crippen molar-refractivity contribution in [1.29, 1.82) is 0 Å². The Labute approximate surface area is 178 Å². The Morgan fingerprint density at radius 2 is 2.31 bits per heavy atom. The Morgan fingerprint density at radius 1 is 1.41 bits per heavy atom. The van der Waals surface area contributed by atoms with Crippen LogP contribution in [0.2, 0.25) is 5.02 Å². The van der Waals surface area contributed by atoms with Crippen molar-refractivity contribution in [3.63, 3.8) is 0 Å². The number of nitrogens with zero attached hydrogens (tertiary/aromatic N) is 2. The number of amides is 1. The van der Waals surface area contributed by atoms with E-state index in [1.54, 1.807) is 6.20 Å². The maximum Gasteiger partial charge on any atom is 0.229 e. The molecule has 0 bridgehead atoms. The van der Waals surface area contributed by atoms with Gasteiger partial charge in [0.15, 0.2) is 0 Å². The van der Waals surface area contributed by atoms with Gasteiger partial charge in [-0.1, -0.05) is 24.9 Å². The van der Waals surface area contributed by atoms with Gasteiger partial charge in [-0.3, -0.25) is 9.78 Å². The average molecular weight is 418 g/mol. The minimum Gasteiger partial charge on any atom is -0.381 e. The number of carbonyl (C=O) groups is 1. The molecule has 0 radical (unpaired) electrons. The molecule has 5 rings (SSSR count). The van der Waals surface area contributed by atoms with Crippen molar-refractivity contribution in [2.45, 2.75) is 70.5 Å². The summed E-state index contributed by atoms with van der Waals surface area (Å²) >= 11 is 6.16. The van der Waals surface area contributed by atoms with Gasteiger partial charge in [-0.2, -0.15) is 0 Å². The molecule has 2 saturated carbocycles. The van der Waals surface area contributed by atoms with Crippen LogP contribution < -0.4 is 5.32 Å². The minimum atomic E-state index is -0.157. The fraction of sp³-hybridized carbons (Fsp3) is 0.739. The summed E-state index contributed by atoms with van der Waals surface area (Å²) in [6, 6.07) is 2.97. The van der Waals surface area contributed by atoms with Crippen LogP contribution in [-0.2, 0) is 22.5 Å². The van der Waals surface area contributed by atoms with E-state index < -0.39 is 0 Å². The van der Waals surface area contributed by atoms with E-state index in [4.69, 9.17) is 16.3 Å². The molecular weight excluding hydrogens is 386 g/mol. The summed E-state index contributed by atoms with van der Waals surface area (Å²) in [6.07, 6.45) is 9.22. The van der Waals surface area contributed by atoms with Crippen molar-refractivity contribution < 1.29 is 9.53 Å². The van der Waals surface area contributed by atoms with Crippen molar-refractivity contribution in [2.24, 2.45) is 17.3 Å². The van der Waals surface area contributed by atoms with E-state index in [0.717, 1.165) is 63.1 Å². The Balaban J connectivity index is 1.30. The second-order valence-corrected chi connectivity index (χ2v) is 10.2. The van der Waals surface area contributed by atoms with E-state index in [2.05, 4.69) is 22.1 Å². The second-order valence-electron chi connectivity index (χ2n) is 9.73. The first-order valence-corrected chi connectivity index (χ1v) is 11.7. The third-order valence-electron chi connectivity index (χ3n) is 7.95. The van der Waals surface area contributed by atoms with Crippen molar-refractivity contribution in [2.75, 3.05) is 19.8 Å². The molecular formula is C23H32ClN3O2. The molecule has 1 N–H and O–H groups in total. The lowest BCUT2D eigenvalue weighted by atomic mass is 9.78. The Hall–Kier alpha value is -1.17. The first kappa shape index (κ1) is 19.8. The molecule has 29 heavy (non-hydrogen) atoms. The molecule has 5 nitrogen and oxygen atoms in total. The van der Waals surface area contributed by atoms with Gasteiger partial charge in [0, 0.05) is 50.1 Å². The summed E-state index contributed by atoms with van der Waals surface area (Å²) in [5.41, 5.74) is 2.06. The summed E-state index contributed by atoms with van der Waals surface area (Å²) in [5, 5.41) is 4.58. The quantitative estimate of drug-likeness (QED) is 0.816. The number of carbonyl (C=O) groups excluding carboxylic acids is 1. The van der Waals surface area contributed by atoms with Gasteiger partial charge in [-0.05, 0) is 55.6 Å². The molecule has 0 aromatic carbocycles. The van der Waals surface area contributed by atoms with Crippen LogP contribution in [0, 0.1) is 17.3 Å². The molecule has 2 aliphatic heterocycles. The van der Waals surface area contributed by atoms with Crippen molar-refractivity contribution in [3.05, 3.63) is 28.5 Å². The van der Waals surface area contributed by atoms with Crippen LogP contribution in [0.3, 0.4) is 0 Å². The Kier molecular flexibility index (Phi) is 5.34. The Morgan fingerprint density at radius 3 is 3.17 bits per heavy atom. The number of hydrogen-bond acceptors (Lipinski definition) is 4. The number of pyridine rings is 1. The number of hydrogen-bond donors (Lipinski definition) is 1. The van der Waals surface area contributed by atoms with Crippen molar-refractivity contribution in [1.82, 2.24) is 15.2 Å². The summed E-state index contributed by atoms with van der Waals surface area (Å²) in [7, 11) is 0. The second kappa shape index (κ2) is 7.82. The SMILES string of the molecule is C[C@H]1COCCC1N[C@@H]1C[C@H]2CCC[C@@]2(C(=O)N2CCc3ncc(Cl)cc3C2)C1. The molecule has 0 spiro atoms. The first-order valence-electron chi connectivity index (χ1n) is 11.3. The number of ether oxygens (including phenoxy) is 1. The van der Waals surface area contributed by atoms with Crippen LogP contribution in [0.4, 0.5) is 0 Å². The van der Waals surface area contributed by atoms with Crippen LogP contribution in [0.1, 0.15) is 56.7 Å². The zero-order valence-corrected chi connectivity index (χ0v) is 18.1. The topological polar surface area (TPSA) is 54.5 Å². The fourth-order valence-electron chi connectivity index (χ4n) is 6.43. The predicted octanol–water partition coefficient (Wildman–Crippen LogP) is 3.58. The van der Waals surface area contributed by atoms with Crippen LogP contribution in [0.15, 0.2) is 12.3 Å². The maximum absolute atomic E-state index is 13.8. The molecule has 1 aromatic rings. The highest BCUT2D eigenvalue weighted by atomic mass is 35.5. The zero-order valence-electron chi connectivity index (χ0n) is 17.3. The summed E-state index contributed by atoms with van der Waals surface area (Å²) in [5.74, 6) is 1.46. The zero-order chi connectivity index (χ0) is 20.0. The highest BCUT2D eigenvalue weighted by Gasteiger charge is 2.56. The van der Waals surface area contributed by atoms with Gasteiger partial charge in [-0.15, -0.1) is 0 Å². The number of fused-ring (bicyclic) bond motifs is 2. The van der Waals surface area contributed by atoms with E-state index >= 15 is 0 Å². The van der Waals surface area contributed by atoms with Crippen molar-refractivity contribution >= 4 is 17.5 Å². The van der Waals surface area contributed by atoms with Crippen LogP contribution >= 0.6 is 11.6 Å². The third kappa shape index (κ3) is 3.60. The van der Waals surface area contributed by atoms with Crippen LogP contribution in [0.25, 0.3) is 0 Å². The van der Waals surface area contributed by atoms with Gasteiger partial charge in [0.1, 0.15) is 0 Å². The molecule has 1 amide bonds. The average Bonchev–Trinajstić information content (AvgIpc) is 3.26. The van der Waals surface area contributed by atoms with E-state index in [1.807, 2.05) is 6.07 Å². The molecule has 6 heteroatoms. The lowest BCUT2D eigenvalue weighted by Crippen LogP contribution is -2.48. The van der Waals surface area contributed by atoms with Gasteiger partial charge in [0.2, 0.25) is 5.91 Å². The van der Waals surface area contributed by atoms with Gasteiger partial charge in [-0.25, -0.2) is 0 Å². The van der Waals surface area contributed by atoms with Crippen molar-refractivity contribution in [3.8, 4) is 0 Å². The van der Waals surface area contributed by atoms with Crippen LogP contribution in [0.5, 0.6) is 0 Å². The van der Waals surface area contributed by atoms with Gasteiger partial charge >= 0.3 is 0 Å². The molecule has 1 unspecified atom stereocenters. The predicted molar refractivity (Wildman–Crippen MR) is 113 cm³/mol. The fourth-order valence-corrected chi connectivity index (χ4v) is 6.62. The number of rotatable bonds is 3. The standard InChI is InChI=1S/C23H32ClN3O2/c1-15-14-29-8-5-20(15)26-19-10-17-3-2-6-23(17,11-19)22(28)27-7-4-21-16(13-27)9-18(24)12-25-21/h9,12,15,17,19-20,26H,2-8,10-11,13-14H2,1H3/t15-,17+,19+,20?,23+/m0/s1. The highest BCUT2D eigenvalue weighted by molar-refractivity contribution is 6.30. The maximum atomic E-state index is 13.8. The molecule has 158 valence electrons. The first-order chi connectivity index (χ1) is 14.0. The summed E-state index contributed by atoms with van der Waals surface area (Å²) < 4.78 is 5.61. The van der Waals surface area contributed by atoms with E-state index in [1.165, 1.54) is 12.8 Å². The normalized spacial score (nSPS) is 36.7. The van der Waals surface area contributed by atoms with Gasteiger partial charge in [0.25, 0.3) is 0 Å². The molecule has 4 aliphatic rings.